The lowest BCUT2D eigenvalue weighted by Crippen LogP contribution is -2.42. The maximum absolute atomic E-state index is 13.3. The summed E-state index contributed by atoms with van der Waals surface area (Å²) in [7, 11) is -2.33. The van der Waals surface area contributed by atoms with Gasteiger partial charge in [-0.25, -0.2) is 8.42 Å². The minimum absolute atomic E-state index is 0.0359. The second-order valence-corrected chi connectivity index (χ2v) is 9.29. The molecule has 0 unspecified atom stereocenters. The standard InChI is InChI=1S/C22H28N2O4S/c1-16-9-7-8-14-24(16)29(26,27)21-15-19(12-13-20(21)28-3)22(25)23-17(2)18-10-5-4-6-11-18/h4-6,10-13,15-17H,7-9,14H2,1-3H3,(H,23,25)/t16-,17+/m0/s1. The molecule has 2 aromatic carbocycles. The molecule has 0 bridgehead atoms. The Morgan fingerprint density at radius 2 is 1.90 bits per heavy atom. The molecule has 1 aliphatic rings. The fourth-order valence-electron chi connectivity index (χ4n) is 3.68. The van der Waals surface area contributed by atoms with Crippen LogP contribution in [0, 0.1) is 0 Å². The Kier molecular flexibility index (Phi) is 6.59. The van der Waals surface area contributed by atoms with Crippen molar-refractivity contribution in [3.05, 3.63) is 59.7 Å². The summed E-state index contributed by atoms with van der Waals surface area (Å²) in [5.74, 6) is -0.0809. The monoisotopic (exact) mass is 416 g/mol. The van der Waals surface area contributed by atoms with Crippen molar-refractivity contribution in [2.45, 2.75) is 50.1 Å². The van der Waals surface area contributed by atoms with Crippen molar-refractivity contribution in [3.63, 3.8) is 0 Å². The van der Waals surface area contributed by atoms with Crippen LogP contribution in [0.5, 0.6) is 5.75 Å². The Bertz CT molecular complexity index is 960. The molecule has 1 N–H and O–H groups in total. The lowest BCUT2D eigenvalue weighted by Gasteiger charge is -2.32. The van der Waals surface area contributed by atoms with E-state index in [1.54, 1.807) is 12.1 Å². The summed E-state index contributed by atoms with van der Waals surface area (Å²) in [6.07, 6.45) is 2.68. The van der Waals surface area contributed by atoms with Crippen molar-refractivity contribution >= 4 is 15.9 Å². The van der Waals surface area contributed by atoms with Gasteiger partial charge in [0.2, 0.25) is 10.0 Å². The Labute approximate surface area is 172 Å². The number of benzene rings is 2. The van der Waals surface area contributed by atoms with Crippen LogP contribution in [0.2, 0.25) is 0 Å². The number of methoxy groups -OCH3 is 1. The molecule has 1 saturated heterocycles. The van der Waals surface area contributed by atoms with Gasteiger partial charge in [0.15, 0.2) is 0 Å². The average molecular weight is 417 g/mol. The molecule has 3 rings (SSSR count). The summed E-state index contributed by atoms with van der Waals surface area (Å²) < 4.78 is 33.4. The minimum Gasteiger partial charge on any atom is -0.495 e. The molecular formula is C22H28N2O4S. The lowest BCUT2D eigenvalue weighted by atomic mass is 10.1. The van der Waals surface area contributed by atoms with Crippen molar-refractivity contribution in [2.75, 3.05) is 13.7 Å². The number of amides is 1. The first-order valence-electron chi connectivity index (χ1n) is 9.90. The van der Waals surface area contributed by atoms with Gasteiger partial charge < -0.3 is 10.1 Å². The third kappa shape index (κ3) is 4.62. The van der Waals surface area contributed by atoms with E-state index in [2.05, 4.69) is 5.32 Å². The molecule has 0 radical (unpaired) electrons. The van der Waals surface area contributed by atoms with Gasteiger partial charge in [0, 0.05) is 18.2 Å². The molecule has 29 heavy (non-hydrogen) atoms. The third-order valence-corrected chi connectivity index (χ3v) is 7.44. The number of sulfonamides is 1. The summed E-state index contributed by atoms with van der Waals surface area (Å²) in [5.41, 5.74) is 1.26. The van der Waals surface area contributed by atoms with Gasteiger partial charge in [0.25, 0.3) is 5.91 Å². The Morgan fingerprint density at radius 3 is 2.55 bits per heavy atom. The van der Waals surface area contributed by atoms with Gasteiger partial charge in [-0.15, -0.1) is 0 Å². The van der Waals surface area contributed by atoms with Crippen molar-refractivity contribution in [1.29, 1.82) is 0 Å². The number of piperidine rings is 1. The second kappa shape index (κ2) is 8.97. The number of nitrogens with one attached hydrogen (secondary N) is 1. The Balaban J connectivity index is 1.89. The van der Waals surface area contributed by atoms with Gasteiger partial charge >= 0.3 is 0 Å². The molecule has 156 valence electrons. The van der Waals surface area contributed by atoms with Crippen molar-refractivity contribution in [3.8, 4) is 5.75 Å². The molecule has 2 aromatic rings. The van der Waals surface area contributed by atoms with E-state index in [0.29, 0.717) is 6.54 Å². The van der Waals surface area contributed by atoms with E-state index in [0.717, 1.165) is 24.8 Å². The van der Waals surface area contributed by atoms with E-state index in [1.807, 2.05) is 44.2 Å². The Morgan fingerprint density at radius 1 is 1.17 bits per heavy atom. The van der Waals surface area contributed by atoms with Crippen LogP contribution < -0.4 is 10.1 Å². The highest BCUT2D eigenvalue weighted by molar-refractivity contribution is 7.89. The normalized spacial score (nSPS) is 18.8. The Hall–Kier alpha value is -2.38. The van der Waals surface area contributed by atoms with Crippen LogP contribution in [0.1, 0.15) is 55.1 Å². The molecule has 0 spiro atoms. The van der Waals surface area contributed by atoms with Crippen molar-refractivity contribution < 1.29 is 17.9 Å². The first-order valence-corrected chi connectivity index (χ1v) is 11.3. The molecule has 1 amide bonds. The van der Waals surface area contributed by atoms with E-state index in [9.17, 15) is 13.2 Å². The molecule has 1 aliphatic heterocycles. The fourth-order valence-corrected chi connectivity index (χ4v) is 5.56. The maximum Gasteiger partial charge on any atom is 0.251 e. The molecule has 2 atom stereocenters. The number of rotatable bonds is 6. The number of nitrogens with zero attached hydrogens (tertiary/aromatic N) is 1. The van der Waals surface area contributed by atoms with Crippen LogP contribution in [0.3, 0.4) is 0 Å². The van der Waals surface area contributed by atoms with Crippen LogP contribution in [0.25, 0.3) is 0 Å². The molecule has 1 fully saturated rings. The number of hydrogen-bond acceptors (Lipinski definition) is 4. The first kappa shape index (κ1) is 21.3. The third-order valence-electron chi connectivity index (χ3n) is 5.40. The highest BCUT2D eigenvalue weighted by Crippen LogP contribution is 2.31. The zero-order valence-electron chi connectivity index (χ0n) is 17.1. The number of hydrogen-bond donors (Lipinski definition) is 1. The van der Waals surface area contributed by atoms with Crippen LogP contribution >= 0.6 is 0 Å². The highest BCUT2D eigenvalue weighted by atomic mass is 32.2. The SMILES string of the molecule is COc1ccc(C(=O)N[C@H](C)c2ccccc2)cc1S(=O)(=O)N1CCCC[C@@H]1C. The lowest BCUT2D eigenvalue weighted by molar-refractivity contribution is 0.0939. The number of carbonyl (C=O) groups excluding carboxylic acids is 1. The van der Waals surface area contributed by atoms with Crippen molar-refractivity contribution in [2.24, 2.45) is 0 Å². The van der Waals surface area contributed by atoms with Gasteiger partial charge in [-0.05, 0) is 50.5 Å². The van der Waals surface area contributed by atoms with Gasteiger partial charge in [-0.2, -0.15) is 4.31 Å². The summed E-state index contributed by atoms with van der Waals surface area (Å²) in [4.78, 5) is 12.8. The summed E-state index contributed by atoms with van der Waals surface area (Å²) in [6.45, 7) is 4.29. The van der Waals surface area contributed by atoms with E-state index >= 15 is 0 Å². The number of ether oxygens (including phenoxy) is 1. The molecule has 6 nitrogen and oxygen atoms in total. The van der Waals surface area contributed by atoms with E-state index in [1.165, 1.54) is 17.5 Å². The van der Waals surface area contributed by atoms with Crippen molar-refractivity contribution in [1.82, 2.24) is 9.62 Å². The van der Waals surface area contributed by atoms with E-state index in [-0.39, 0.29) is 34.2 Å². The van der Waals surface area contributed by atoms with E-state index < -0.39 is 10.0 Å². The molecule has 0 aliphatic carbocycles. The molecule has 0 aromatic heterocycles. The quantitative estimate of drug-likeness (QED) is 0.778. The predicted molar refractivity (Wildman–Crippen MR) is 113 cm³/mol. The minimum atomic E-state index is -3.76. The largest absolute Gasteiger partial charge is 0.495 e. The van der Waals surface area contributed by atoms with E-state index in [4.69, 9.17) is 4.74 Å². The van der Waals surface area contributed by atoms with Gasteiger partial charge in [-0.3, -0.25) is 4.79 Å². The van der Waals surface area contributed by atoms with Crippen LogP contribution in [0.15, 0.2) is 53.4 Å². The first-order chi connectivity index (χ1) is 13.8. The predicted octanol–water partition coefficient (Wildman–Crippen LogP) is 3.75. The molecule has 7 heteroatoms. The molecule has 0 saturated carbocycles. The van der Waals surface area contributed by atoms with Gasteiger partial charge in [0.1, 0.15) is 10.6 Å². The van der Waals surface area contributed by atoms with Crippen LogP contribution in [0.4, 0.5) is 0 Å². The number of carbonyl (C=O) groups is 1. The topological polar surface area (TPSA) is 75.7 Å². The maximum atomic E-state index is 13.3. The van der Waals surface area contributed by atoms with Gasteiger partial charge in [-0.1, -0.05) is 36.8 Å². The summed E-state index contributed by atoms with van der Waals surface area (Å²) in [6, 6.07) is 13.9. The smallest absolute Gasteiger partial charge is 0.251 e. The highest BCUT2D eigenvalue weighted by Gasteiger charge is 2.33. The summed E-state index contributed by atoms with van der Waals surface area (Å²) in [5, 5.41) is 2.93. The van der Waals surface area contributed by atoms with Crippen LogP contribution in [-0.2, 0) is 10.0 Å². The molecular weight excluding hydrogens is 388 g/mol. The zero-order chi connectivity index (χ0) is 21.0. The fraction of sp³-hybridized carbons (Fsp3) is 0.409. The summed E-state index contributed by atoms with van der Waals surface area (Å²) >= 11 is 0. The zero-order valence-corrected chi connectivity index (χ0v) is 17.9. The second-order valence-electron chi connectivity index (χ2n) is 7.43. The average Bonchev–Trinajstić information content (AvgIpc) is 2.74. The molecule has 1 heterocycles. The van der Waals surface area contributed by atoms with Gasteiger partial charge in [0.05, 0.1) is 13.2 Å². The van der Waals surface area contributed by atoms with Crippen LogP contribution in [-0.4, -0.2) is 38.3 Å².